The second-order valence-corrected chi connectivity index (χ2v) is 8.24. The van der Waals surface area contributed by atoms with Gasteiger partial charge in [-0.3, -0.25) is 9.59 Å². The molecule has 4 heteroatoms. The van der Waals surface area contributed by atoms with Crippen molar-refractivity contribution in [3.8, 4) is 11.1 Å². The molecule has 2 aromatic rings. The summed E-state index contributed by atoms with van der Waals surface area (Å²) >= 11 is 0. The van der Waals surface area contributed by atoms with Gasteiger partial charge in [0.05, 0.1) is 5.41 Å². The first kappa shape index (κ1) is 18.7. The number of hydrogen-bond donors (Lipinski definition) is 1. The predicted molar refractivity (Wildman–Crippen MR) is 111 cm³/mol. The summed E-state index contributed by atoms with van der Waals surface area (Å²) in [6.07, 6.45) is 4.53. The average molecular weight is 377 g/mol. The first-order valence-electron chi connectivity index (χ1n) is 10.3. The Morgan fingerprint density at radius 3 is 2.50 bits per heavy atom. The zero-order chi connectivity index (χ0) is 19.6. The molecule has 1 saturated heterocycles. The molecule has 4 nitrogen and oxygen atoms in total. The molecule has 2 amide bonds. The van der Waals surface area contributed by atoms with E-state index < -0.39 is 5.41 Å². The number of benzene rings is 2. The van der Waals surface area contributed by atoms with Crippen molar-refractivity contribution in [1.82, 2.24) is 10.2 Å². The van der Waals surface area contributed by atoms with E-state index >= 15 is 0 Å². The lowest BCUT2D eigenvalue weighted by Crippen LogP contribution is -2.45. The van der Waals surface area contributed by atoms with Crippen LogP contribution >= 0.6 is 0 Å². The zero-order valence-electron chi connectivity index (χ0n) is 16.5. The Morgan fingerprint density at radius 2 is 1.82 bits per heavy atom. The molecule has 2 aromatic carbocycles. The lowest BCUT2D eigenvalue weighted by molar-refractivity contribution is -0.138. The molecule has 146 valence electrons. The van der Waals surface area contributed by atoms with Crippen LogP contribution in [-0.2, 0) is 16.0 Å². The number of carbonyl (C=O) groups is 2. The SMILES string of the molecule is CNC(=O)C1(Cc2cccc(-c3ccccc3)c2)CCN(C(=O)C2CCC2)C1. The Bertz CT molecular complexity index is 860. The minimum absolute atomic E-state index is 0.0431. The quantitative estimate of drug-likeness (QED) is 0.866. The molecule has 1 aliphatic carbocycles. The lowest BCUT2D eigenvalue weighted by Gasteiger charge is -2.31. The molecule has 1 atom stereocenters. The van der Waals surface area contributed by atoms with Crippen LogP contribution in [0.5, 0.6) is 0 Å². The Labute approximate surface area is 166 Å². The molecule has 1 unspecified atom stereocenters. The van der Waals surface area contributed by atoms with Gasteiger partial charge < -0.3 is 10.2 Å². The molecule has 0 spiro atoms. The van der Waals surface area contributed by atoms with Crippen molar-refractivity contribution in [2.45, 2.75) is 32.1 Å². The summed E-state index contributed by atoms with van der Waals surface area (Å²) in [6.45, 7) is 1.21. The smallest absolute Gasteiger partial charge is 0.228 e. The van der Waals surface area contributed by atoms with Crippen LogP contribution < -0.4 is 5.32 Å². The highest BCUT2D eigenvalue weighted by atomic mass is 16.2. The number of nitrogens with one attached hydrogen (secondary N) is 1. The van der Waals surface area contributed by atoms with Crippen LogP contribution in [0.1, 0.15) is 31.2 Å². The third kappa shape index (κ3) is 3.56. The van der Waals surface area contributed by atoms with E-state index in [-0.39, 0.29) is 17.7 Å². The zero-order valence-corrected chi connectivity index (χ0v) is 16.5. The number of rotatable bonds is 5. The highest BCUT2D eigenvalue weighted by molar-refractivity contribution is 5.86. The van der Waals surface area contributed by atoms with Gasteiger partial charge in [-0.15, -0.1) is 0 Å². The van der Waals surface area contributed by atoms with Crippen LogP contribution in [0.3, 0.4) is 0 Å². The highest BCUT2D eigenvalue weighted by Gasteiger charge is 2.46. The Balaban J connectivity index is 1.56. The molecule has 28 heavy (non-hydrogen) atoms. The largest absolute Gasteiger partial charge is 0.359 e. The minimum Gasteiger partial charge on any atom is -0.359 e. The number of hydrogen-bond acceptors (Lipinski definition) is 2. The summed E-state index contributed by atoms with van der Waals surface area (Å²) in [5, 5.41) is 2.85. The Kier molecular flexibility index (Phi) is 5.21. The summed E-state index contributed by atoms with van der Waals surface area (Å²) < 4.78 is 0. The average Bonchev–Trinajstić information content (AvgIpc) is 3.12. The molecule has 1 aliphatic heterocycles. The van der Waals surface area contributed by atoms with Crippen molar-refractivity contribution in [2.24, 2.45) is 11.3 Å². The Morgan fingerprint density at radius 1 is 1.07 bits per heavy atom. The fourth-order valence-corrected chi connectivity index (χ4v) is 4.53. The maximum atomic E-state index is 12.9. The van der Waals surface area contributed by atoms with E-state index in [4.69, 9.17) is 0 Å². The van der Waals surface area contributed by atoms with E-state index in [1.54, 1.807) is 7.05 Å². The number of amides is 2. The maximum Gasteiger partial charge on any atom is 0.228 e. The van der Waals surface area contributed by atoms with Gasteiger partial charge in [-0.2, -0.15) is 0 Å². The summed E-state index contributed by atoms with van der Waals surface area (Å²) in [5.41, 5.74) is 2.93. The number of nitrogens with zero attached hydrogens (tertiary/aromatic N) is 1. The van der Waals surface area contributed by atoms with Crippen molar-refractivity contribution >= 4 is 11.8 Å². The van der Waals surface area contributed by atoms with Crippen LogP contribution in [0.15, 0.2) is 54.6 Å². The van der Waals surface area contributed by atoms with Gasteiger partial charge in [-0.25, -0.2) is 0 Å². The van der Waals surface area contributed by atoms with Crippen molar-refractivity contribution < 1.29 is 9.59 Å². The molecule has 1 N–H and O–H groups in total. The normalized spacial score (nSPS) is 22.0. The van der Waals surface area contributed by atoms with Gasteiger partial charge in [-0.1, -0.05) is 61.0 Å². The number of likely N-dealkylation sites (tertiary alicyclic amines) is 1. The predicted octanol–water partition coefficient (Wildman–Crippen LogP) is 3.66. The second-order valence-electron chi connectivity index (χ2n) is 8.24. The lowest BCUT2D eigenvalue weighted by atomic mass is 9.79. The van der Waals surface area contributed by atoms with E-state index in [2.05, 4.69) is 41.7 Å². The first-order valence-corrected chi connectivity index (χ1v) is 10.3. The molecule has 0 aromatic heterocycles. The standard InChI is InChI=1S/C24H28N2O2/c1-25-23(28)24(13-14-26(17-24)22(27)20-10-6-11-20)16-18-7-5-12-21(15-18)19-8-3-2-4-9-19/h2-5,7-9,12,15,20H,6,10-11,13-14,16-17H2,1H3,(H,25,28). The van der Waals surface area contributed by atoms with Crippen molar-refractivity contribution in [2.75, 3.05) is 20.1 Å². The highest BCUT2D eigenvalue weighted by Crippen LogP contribution is 2.38. The van der Waals surface area contributed by atoms with Crippen LogP contribution in [-0.4, -0.2) is 36.9 Å². The van der Waals surface area contributed by atoms with Gasteiger partial charge in [0.15, 0.2) is 0 Å². The first-order chi connectivity index (χ1) is 13.6. The van der Waals surface area contributed by atoms with Crippen molar-refractivity contribution in [3.63, 3.8) is 0 Å². The van der Waals surface area contributed by atoms with Crippen molar-refractivity contribution in [3.05, 3.63) is 60.2 Å². The maximum absolute atomic E-state index is 12.9. The molecule has 0 bridgehead atoms. The summed E-state index contributed by atoms with van der Waals surface area (Å²) in [7, 11) is 1.70. The molecule has 4 rings (SSSR count). The molecular weight excluding hydrogens is 348 g/mol. The van der Waals surface area contributed by atoms with Gasteiger partial charge in [0.25, 0.3) is 0 Å². The molecule has 0 radical (unpaired) electrons. The van der Waals surface area contributed by atoms with Gasteiger partial charge in [-0.05, 0) is 42.4 Å². The summed E-state index contributed by atoms with van der Waals surface area (Å²) in [5.74, 6) is 0.471. The molecule has 2 aliphatic rings. The minimum atomic E-state index is -0.538. The summed E-state index contributed by atoms with van der Waals surface area (Å²) in [6, 6.07) is 18.7. The summed E-state index contributed by atoms with van der Waals surface area (Å²) in [4.78, 5) is 27.5. The third-order valence-electron chi connectivity index (χ3n) is 6.41. The van der Waals surface area contributed by atoms with Gasteiger partial charge in [0.1, 0.15) is 0 Å². The van der Waals surface area contributed by atoms with Crippen molar-refractivity contribution in [1.29, 1.82) is 0 Å². The van der Waals surface area contributed by atoms with Crippen LogP contribution in [0.2, 0.25) is 0 Å². The van der Waals surface area contributed by atoms with E-state index in [0.717, 1.165) is 36.8 Å². The molecule has 1 saturated carbocycles. The van der Waals surface area contributed by atoms with Gasteiger partial charge in [0, 0.05) is 26.1 Å². The second kappa shape index (κ2) is 7.78. The fraction of sp³-hybridized carbons (Fsp3) is 0.417. The van der Waals surface area contributed by atoms with Gasteiger partial charge in [0.2, 0.25) is 11.8 Å². The van der Waals surface area contributed by atoms with Crippen LogP contribution in [0, 0.1) is 11.3 Å². The topological polar surface area (TPSA) is 49.4 Å². The fourth-order valence-electron chi connectivity index (χ4n) is 4.53. The van der Waals surface area contributed by atoms with E-state index in [1.165, 1.54) is 5.56 Å². The van der Waals surface area contributed by atoms with Gasteiger partial charge >= 0.3 is 0 Å². The van der Waals surface area contributed by atoms with E-state index in [9.17, 15) is 9.59 Å². The van der Waals surface area contributed by atoms with Crippen LogP contribution in [0.25, 0.3) is 11.1 Å². The Hall–Kier alpha value is -2.62. The monoisotopic (exact) mass is 376 g/mol. The molecule has 2 fully saturated rings. The molecular formula is C24H28N2O2. The van der Waals surface area contributed by atoms with E-state index in [1.807, 2.05) is 23.1 Å². The van der Waals surface area contributed by atoms with E-state index in [0.29, 0.717) is 19.5 Å². The third-order valence-corrected chi connectivity index (χ3v) is 6.41. The van der Waals surface area contributed by atoms with Crippen LogP contribution in [0.4, 0.5) is 0 Å². The molecule has 1 heterocycles. The number of carbonyl (C=O) groups excluding carboxylic acids is 2.